The first kappa shape index (κ1) is 13.8. The lowest BCUT2D eigenvalue weighted by molar-refractivity contribution is 0.100. The van der Waals surface area contributed by atoms with E-state index >= 15 is 0 Å². The number of nitrogens with two attached hydrogens (primary N) is 1. The Morgan fingerprint density at radius 2 is 2.16 bits per heavy atom. The highest BCUT2D eigenvalue weighted by Gasteiger charge is 2.06. The smallest absolute Gasteiger partial charge is 0.248 e. The number of nitrogens with one attached hydrogen (secondary N) is 1. The van der Waals surface area contributed by atoms with Crippen LogP contribution < -0.4 is 11.1 Å². The van der Waals surface area contributed by atoms with E-state index in [0.717, 1.165) is 10.2 Å². The zero-order chi connectivity index (χ0) is 13.8. The average molecular weight is 341 g/mol. The molecule has 3 N–H and O–H groups in total. The molecule has 0 aliphatic heterocycles. The Kier molecular flexibility index (Phi) is 4.39. The van der Waals surface area contributed by atoms with Gasteiger partial charge in [-0.25, -0.2) is 0 Å². The van der Waals surface area contributed by atoms with Crippen LogP contribution >= 0.6 is 27.5 Å². The summed E-state index contributed by atoms with van der Waals surface area (Å²) in [6.45, 7) is 0.509. The normalized spacial score (nSPS) is 10.2. The second kappa shape index (κ2) is 6.04. The topological polar surface area (TPSA) is 68.0 Å². The highest BCUT2D eigenvalue weighted by atomic mass is 79.9. The third kappa shape index (κ3) is 3.68. The Morgan fingerprint density at radius 1 is 1.37 bits per heavy atom. The number of anilines is 1. The molecule has 0 saturated heterocycles. The largest absolute Gasteiger partial charge is 0.378 e. The Balaban J connectivity index is 2.12. The quantitative estimate of drug-likeness (QED) is 0.898. The molecule has 4 nitrogen and oxygen atoms in total. The zero-order valence-electron chi connectivity index (χ0n) is 9.86. The minimum absolute atomic E-state index is 0.413. The molecule has 1 aromatic carbocycles. The van der Waals surface area contributed by atoms with Crippen molar-refractivity contribution in [2.75, 3.05) is 5.32 Å². The molecule has 1 aromatic heterocycles. The Morgan fingerprint density at radius 3 is 2.79 bits per heavy atom. The number of nitrogens with zero attached hydrogens (tertiary/aromatic N) is 1. The Bertz CT molecular complexity index is 601. The highest BCUT2D eigenvalue weighted by Crippen LogP contribution is 2.23. The summed E-state index contributed by atoms with van der Waals surface area (Å²) in [7, 11) is 0. The van der Waals surface area contributed by atoms with Crippen LogP contribution in [0.4, 0.5) is 5.69 Å². The molecular formula is C13H11BrClN3O. The van der Waals surface area contributed by atoms with Crippen molar-refractivity contribution in [3.05, 3.63) is 57.3 Å². The summed E-state index contributed by atoms with van der Waals surface area (Å²) >= 11 is 9.37. The van der Waals surface area contributed by atoms with Crippen molar-refractivity contribution in [2.45, 2.75) is 6.54 Å². The number of primary amides is 1. The summed E-state index contributed by atoms with van der Waals surface area (Å²) in [5.74, 6) is -0.485. The number of hydrogen-bond acceptors (Lipinski definition) is 3. The number of amides is 1. The predicted octanol–water partition coefficient (Wildman–Crippen LogP) is 3.21. The van der Waals surface area contributed by atoms with Gasteiger partial charge in [-0.15, -0.1) is 0 Å². The minimum Gasteiger partial charge on any atom is -0.378 e. The highest BCUT2D eigenvalue weighted by molar-refractivity contribution is 9.10. The van der Waals surface area contributed by atoms with Gasteiger partial charge in [-0.1, -0.05) is 11.6 Å². The summed E-state index contributed by atoms with van der Waals surface area (Å²) in [5.41, 5.74) is 7.16. The molecule has 98 valence electrons. The van der Waals surface area contributed by atoms with E-state index in [2.05, 4.69) is 26.2 Å². The van der Waals surface area contributed by atoms with Gasteiger partial charge in [0.1, 0.15) is 0 Å². The molecule has 19 heavy (non-hydrogen) atoms. The van der Waals surface area contributed by atoms with Gasteiger partial charge >= 0.3 is 0 Å². The summed E-state index contributed by atoms with van der Waals surface area (Å²) in [5, 5.41) is 3.66. The molecule has 2 aromatic rings. The molecule has 2 rings (SSSR count). The fourth-order valence-electron chi connectivity index (χ4n) is 1.51. The number of carbonyl (C=O) groups is 1. The van der Waals surface area contributed by atoms with Crippen LogP contribution in [0, 0.1) is 0 Å². The first-order valence-corrected chi connectivity index (χ1v) is 6.67. The number of benzene rings is 1. The molecule has 6 heteroatoms. The van der Waals surface area contributed by atoms with Gasteiger partial charge in [0, 0.05) is 16.2 Å². The maximum absolute atomic E-state index is 11.1. The first-order chi connectivity index (χ1) is 9.06. The molecule has 1 heterocycles. The maximum atomic E-state index is 11.1. The summed E-state index contributed by atoms with van der Waals surface area (Å²) in [6, 6.07) is 8.66. The van der Waals surface area contributed by atoms with E-state index in [9.17, 15) is 4.79 Å². The van der Waals surface area contributed by atoms with Crippen molar-refractivity contribution in [2.24, 2.45) is 5.73 Å². The minimum atomic E-state index is -0.485. The SMILES string of the molecule is NC(=O)c1ccc(Cl)c(NCc2ccc(Br)cn2)c1. The van der Waals surface area contributed by atoms with Gasteiger partial charge in [0.15, 0.2) is 0 Å². The number of pyridine rings is 1. The van der Waals surface area contributed by atoms with E-state index in [1.165, 1.54) is 0 Å². The average Bonchev–Trinajstić information content (AvgIpc) is 2.39. The maximum Gasteiger partial charge on any atom is 0.248 e. The molecular weight excluding hydrogens is 330 g/mol. The lowest BCUT2D eigenvalue weighted by Crippen LogP contribution is -2.11. The monoisotopic (exact) mass is 339 g/mol. The molecule has 0 saturated carbocycles. The molecule has 0 bridgehead atoms. The van der Waals surface area contributed by atoms with Gasteiger partial charge in [0.2, 0.25) is 5.91 Å². The summed E-state index contributed by atoms with van der Waals surface area (Å²) < 4.78 is 0.921. The number of aromatic nitrogens is 1. The third-order valence-corrected chi connectivity index (χ3v) is 3.30. The van der Waals surface area contributed by atoms with Crippen LogP contribution in [-0.2, 0) is 6.54 Å². The molecule has 1 amide bonds. The standard InChI is InChI=1S/C13H11BrClN3O/c14-9-2-3-10(17-6-9)7-18-12-5-8(13(16)19)1-4-11(12)15/h1-6,18H,7H2,(H2,16,19). The Hall–Kier alpha value is -1.59. The van der Waals surface area contributed by atoms with Crippen LogP contribution in [0.2, 0.25) is 5.02 Å². The third-order valence-electron chi connectivity index (χ3n) is 2.50. The van der Waals surface area contributed by atoms with E-state index in [1.807, 2.05) is 12.1 Å². The fraction of sp³-hybridized carbons (Fsp3) is 0.0769. The predicted molar refractivity (Wildman–Crippen MR) is 79.2 cm³/mol. The van der Waals surface area contributed by atoms with Gasteiger partial charge < -0.3 is 11.1 Å². The Labute approximate surface area is 124 Å². The van der Waals surface area contributed by atoms with Gasteiger partial charge in [0.25, 0.3) is 0 Å². The van der Waals surface area contributed by atoms with Gasteiger partial charge in [0.05, 0.1) is 22.9 Å². The van der Waals surface area contributed by atoms with Crippen LogP contribution in [-0.4, -0.2) is 10.9 Å². The molecule has 0 unspecified atom stereocenters. The van der Waals surface area contributed by atoms with Crippen LogP contribution in [0.3, 0.4) is 0 Å². The van der Waals surface area contributed by atoms with E-state index in [-0.39, 0.29) is 0 Å². The molecule has 0 fully saturated rings. The van der Waals surface area contributed by atoms with Gasteiger partial charge in [-0.2, -0.15) is 0 Å². The van der Waals surface area contributed by atoms with Crippen molar-refractivity contribution >= 4 is 39.1 Å². The molecule has 0 aliphatic carbocycles. The van der Waals surface area contributed by atoms with Crippen LogP contribution in [0.25, 0.3) is 0 Å². The van der Waals surface area contributed by atoms with Gasteiger partial charge in [-0.3, -0.25) is 9.78 Å². The van der Waals surface area contributed by atoms with Crippen molar-refractivity contribution in [1.82, 2.24) is 4.98 Å². The first-order valence-electron chi connectivity index (χ1n) is 5.50. The van der Waals surface area contributed by atoms with Crippen molar-refractivity contribution in [3.8, 4) is 0 Å². The molecule has 0 atom stereocenters. The molecule has 0 radical (unpaired) electrons. The van der Waals surface area contributed by atoms with Crippen LogP contribution in [0.1, 0.15) is 16.1 Å². The molecule has 0 spiro atoms. The van der Waals surface area contributed by atoms with Gasteiger partial charge in [-0.05, 0) is 46.3 Å². The lowest BCUT2D eigenvalue weighted by atomic mass is 10.2. The zero-order valence-corrected chi connectivity index (χ0v) is 12.2. The fourth-order valence-corrected chi connectivity index (χ4v) is 1.93. The number of rotatable bonds is 4. The number of hydrogen-bond donors (Lipinski definition) is 2. The number of carbonyl (C=O) groups excluding carboxylic acids is 1. The lowest BCUT2D eigenvalue weighted by Gasteiger charge is -2.09. The van der Waals surface area contributed by atoms with Crippen LogP contribution in [0.15, 0.2) is 41.0 Å². The van der Waals surface area contributed by atoms with Crippen molar-refractivity contribution in [3.63, 3.8) is 0 Å². The van der Waals surface area contributed by atoms with E-state index in [0.29, 0.717) is 22.8 Å². The second-order valence-corrected chi connectivity index (χ2v) is 5.20. The summed E-state index contributed by atoms with van der Waals surface area (Å²) in [6.07, 6.45) is 1.72. The molecule has 0 aliphatic rings. The van der Waals surface area contributed by atoms with Crippen molar-refractivity contribution in [1.29, 1.82) is 0 Å². The van der Waals surface area contributed by atoms with Crippen LogP contribution in [0.5, 0.6) is 0 Å². The van der Waals surface area contributed by atoms with E-state index in [1.54, 1.807) is 24.4 Å². The van der Waals surface area contributed by atoms with E-state index < -0.39 is 5.91 Å². The number of halogens is 2. The van der Waals surface area contributed by atoms with E-state index in [4.69, 9.17) is 17.3 Å². The summed E-state index contributed by atoms with van der Waals surface area (Å²) in [4.78, 5) is 15.3. The second-order valence-electron chi connectivity index (χ2n) is 3.88. The van der Waals surface area contributed by atoms with Crippen molar-refractivity contribution < 1.29 is 4.79 Å².